The first-order valence-corrected chi connectivity index (χ1v) is 5.30. The first-order chi connectivity index (χ1) is 6.07. The van der Waals surface area contributed by atoms with Crippen LogP contribution >= 0.6 is 0 Å². The smallest absolute Gasteiger partial charge is 0.309 e. The van der Waals surface area contributed by atoms with Gasteiger partial charge in [-0.05, 0) is 25.2 Å². The van der Waals surface area contributed by atoms with E-state index in [9.17, 15) is 9.90 Å². The van der Waals surface area contributed by atoms with Crippen LogP contribution < -0.4 is 0 Å². The molecule has 13 heavy (non-hydrogen) atoms. The van der Waals surface area contributed by atoms with E-state index in [4.69, 9.17) is 0 Å². The van der Waals surface area contributed by atoms with Crippen LogP contribution in [0.4, 0.5) is 0 Å². The van der Waals surface area contributed by atoms with Crippen LogP contribution in [0.1, 0.15) is 52.4 Å². The Bertz CT molecular complexity index is 179. The van der Waals surface area contributed by atoms with Gasteiger partial charge in [-0.1, -0.05) is 33.1 Å². The first kappa shape index (κ1) is 10.6. The molecule has 2 nitrogen and oxygen atoms in total. The molecule has 0 radical (unpaired) electrons. The highest BCUT2D eigenvalue weighted by atomic mass is 16.4. The molecule has 0 aromatic rings. The number of carbonyl (C=O) groups is 1. The molecule has 0 bridgehead atoms. The minimum Gasteiger partial charge on any atom is -0.481 e. The molecule has 1 aliphatic rings. The summed E-state index contributed by atoms with van der Waals surface area (Å²) >= 11 is 0. The van der Waals surface area contributed by atoms with Crippen molar-refractivity contribution in [2.75, 3.05) is 0 Å². The number of hydrogen-bond acceptors (Lipinski definition) is 1. The van der Waals surface area contributed by atoms with E-state index < -0.39 is 5.97 Å². The summed E-state index contributed by atoms with van der Waals surface area (Å²) < 4.78 is 0. The summed E-state index contributed by atoms with van der Waals surface area (Å²) in [6.07, 6.45) is 6.04. The third-order valence-corrected chi connectivity index (χ3v) is 3.06. The van der Waals surface area contributed by atoms with Gasteiger partial charge in [0.1, 0.15) is 0 Å². The quantitative estimate of drug-likeness (QED) is 0.732. The molecule has 0 spiro atoms. The fourth-order valence-corrected chi connectivity index (χ4v) is 2.52. The molecule has 0 saturated heterocycles. The Morgan fingerprint density at radius 1 is 1.31 bits per heavy atom. The summed E-state index contributed by atoms with van der Waals surface area (Å²) in [4.78, 5) is 11.2. The highest BCUT2D eigenvalue weighted by Crippen LogP contribution is 2.41. The van der Waals surface area contributed by atoms with E-state index in [2.05, 4.69) is 13.8 Å². The van der Waals surface area contributed by atoms with Gasteiger partial charge in [-0.25, -0.2) is 0 Å². The summed E-state index contributed by atoms with van der Waals surface area (Å²) in [5.41, 5.74) is -0.383. The van der Waals surface area contributed by atoms with E-state index in [1.165, 1.54) is 6.42 Å². The summed E-state index contributed by atoms with van der Waals surface area (Å²) in [5, 5.41) is 9.24. The molecule has 0 aromatic heterocycles. The lowest BCUT2D eigenvalue weighted by atomic mass is 9.69. The Hall–Kier alpha value is -0.530. The third kappa shape index (κ3) is 2.45. The van der Waals surface area contributed by atoms with Crippen molar-refractivity contribution in [1.82, 2.24) is 0 Å². The van der Waals surface area contributed by atoms with Crippen LogP contribution in [0.25, 0.3) is 0 Å². The Morgan fingerprint density at radius 3 is 2.23 bits per heavy atom. The minimum absolute atomic E-state index is 0.383. The van der Waals surface area contributed by atoms with Crippen LogP contribution in [0.3, 0.4) is 0 Å². The van der Waals surface area contributed by atoms with Crippen molar-refractivity contribution in [3.63, 3.8) is 0 Å². The molecule has 0 aromatic carbocycles. The van der Waals surface area contributed by atoms with E-state index in [0.717, 1.165) is 32.1 Å². The normalized spacial score (nSPS) is 21.8. The maximum absolute atomic E-state index is 11.2. The van der Waals surface area contributed by atoms with Gasteiger partial charge in [-0.3, -0.25) is 4.79 Å². The van der Waals surface area contributed by atoms with E-state index in [0.29, 0.717) is 5.92 Å². The average Bonchev–Trinajstić information content (AvgIpc) is 2.04. The topological polar surface area (TPSA) is 37.3 Å². The van der Waals surface area contributed by atoms with E-state index >= 15 is 0 Å². The fourth-order valence-electron chi connectivity index (χ4n) is 2.52. The molecule has 0 aliphatic heterocycles. The van der Waals surface area contributed by atoms with Gasteiger partial charge in [-0.2, -0.15) is 0 Å². The zero-order valence-corrected chi connectivity index (χ0v) is 8.68. The van der Waals surface area contributed by atoms with Gasteiger partial charge in [0.05, 0.1) is 5.41 Å². The highest BCUT2D eigenvalue weighted by Gasteiger charge is 2.39. The van der Waals surface area contributed by atoms with Crippen LogP contribution in [0, 0.1) is 11.3 Å². The average molecular weight is 184 g/mol. The maximum Gasteiger partial charge on any atom is 0.309 e. The summed E-state index contributed by atoms with van der Waals surface area (Å²) in [7, 11) is 0. The van der Waals surface area contributed by atoms with Gasteiger partial charge < -0.3 is 5.11 Å². The van der Waals surface area contributed by atoms with Crippen molar-refractivity contribution in [2.45, 2.75) is 52.4 Å². The lowest BCUT2D eigenvalue weighted by Gasteiger charge is -2.34. The molecule has 76 valence electrons. The van der Waals surface area contributed by atoms with Crippen molar-refractivity contribution < 1.29 is 9.90 Å². The monoisotopic (exact) mass is 184 g/mol. The van der Waals surface area contributed by atoms with Crippen molar-refractivity contribution in [1.29, 1.82) is 0 Å². The Morgan fingerprint density at radius 2 is 1.85 bits per heavy atom. The molecule has 1 aliphatic carbocycles. The molecule has 0 atom stereocenters. The van der Waals surface area contributed by atoms with Crippen LogP contribution in [0.2, 0.25) is 0 Å². The lowest BCUT2D eigenvalue weighted by molar-refractivity contribution is -0.152. The van der Waals surface area contributed by atoms with Crippen LogP contribution in [-0.2, 0) is 4.79 Å². The van der Waals surface area contributed by atoms with Gasteiger partial charge in [-0.15, -0.1) is 0 Å². The van der Waals surface area contributed by atoms with Crippen molar-refractivity contribution in [2.24, 2.45) is 11.3 Å². The summed E-state index contributed by atoms with van der Waals surface area (Å²) in [6.45, 7) is 4.22. The second kappa shape index (κ2) is 4.12. The standard InChI is InChI=1S/C11H20O2/c1-9(2)8-11(10(12)13)6-4-3-5-7-11/h9H,3-8H2,1-2H3,(H,12,13). The van der Waals surface area contributed by atoms with Crippen molar-refractivity contribution in [3.8, 4) is 0 Å². The number of carboxylic acid groups (broad SMARTS) is 1. The van der Waals surface area contributed by atoms with Crippen molar-refractivity contribution in [3.05, 3.63) is 0 Å². The molecule has 1 rings (SSSR count). The van der Waals surface area contributed by atoms with Gasteiger partial charge in [0.25, 0.3) is 0 Å². The predicted octanol–water partition coefficient (Wildman–Crippen LogP) is 3.07. The second-order valence-corrected chi connectivity index (χ2v) is 4.74. The maximum atomic E-state index is 11.2. The third-order valence-electron chi connectivity index (χ3n) is 3.06. The SMILES string of the molecule is CC(C)CC1(C(=O)O)CCCCC1. The summed E-state index contributed by atoms with van der Waals surface area (Å²) in [6, 6.07) is 0. The molecule has 0 amide bonds. The zero-order chi connectivity index (χ0) is 9.90. The Kier molecular flexibility index (Phi) is 3.34. The second-order valence-electron chi connectivity index (χ2n) is 4.74. The zero-order valence-electron chi connectivity index (χ0n) is 8.68. The Balaban J connectivity index is 2.67. The Labute approximate surface area is 80.3 Å². The number of hydrogen-bond donors (Lipinski definition) is 1. The van der Waals surface area contributed by atoms with Crippen LogP contribution in [-0.4, -0.2) is 11.1 Å². The first-order valence-electron chi connectivity index (χ1n) is 5.30. The number of carboxylic acids is 1. The minimum atomic E-state index is -0.569. The molecule has 1 N–H and O–H groups in total. The van der Waals surface area contributed by atoms with E-state index in [-0.39, 0.29) is 5.41 Å². The molecule has 0 unspecified atom stereocenters. The molecular formula is C11H20O2. The fraction of sp³-hybridized carbons (Fsp3) is 0.909. The molecule has 2 heteroatoms. The van der Waals surface area contributed by atoms with Crippen LogP contribution in [0.15, 0.2) is 0 Å². The van der Waals surface area contributed by atoms with E-state index in [1.54, 1.807) is 0 Å². The molecule has 0 heterocycles. The van der Waals surface area contributed by atoms with Gasteiger partial charge in [0, 0.05) is 0 Å². The molecule has 1 fully saturated rings. The molecular weight excluding hydrogens is 164 g/mol. The van der Waals surface area contributed by atoms with Crippen LogP contribution in [0.5, 0.6) is 0 Å². The largest absolute Gasteiger partial charge is 0.481 e. The highest BCUT2D eigenvalue weighted by molar-refractivity contribution is 5.74. The van der Waals surface area contributed by atoms with Gasteiger partial charge in [0.15, 0.2) is 0 Å². The summed E-state index contributed by atoms with van der Waals surface area (Å²) in [5.74, 6) is -0.0740. The van der Waals surface area contributed by atoms with Gasteiger partial charge in [0.2, 0.25) is 0 Å². The molecule has 1 saturated carbocycles. The number of aliphatic carboxylic acids is 1. The van der Waals surface area contributed by atoms with Crippen molar-refractivity contribution >= 4 is 5.97 Å². The lowest BCUT2D eigenvalue weighted by Crippen LogP contribution is -2.34. The predicted molar refractivity (Wildman–Crippen MR) is 52.6 cm³/mol. The van der Waals surface area contributed by atoms with E-state index in [1.807, 2.05) is 0 Å². The van der Waals surface area contributed by atoms with Gasteiger partial charge >= 0.3 is 5.97 Å². The number of rotatable bonds is 3.